The zero-order chi connectivity index (χ0) is 16.2. The molecule has 1 aromatic heterocycles. The summed E-state index contributed by atoms with van der Waals surface area (Å²) in [6.45, 7) is 2.83. The van der Waals surface area contributed by atoms with Crippen LogP contribution in [0.3, 0.4) is 0 Å². The molecule has 6 nitrogen and oxygen atoms in total. The molecule has 1 saturated carbocycles. The van der Waals surface area contributed by atoms with Gasteiger partial charge in [0.25, 0.3) is 0 Å². The van der Waals surface area contributed by atoms with Crippen molar-refractivity contribution in [2.45, 2.75) is 32.1 Å². The number of carbonyl (C=O) groups is 1. The molecule has 23 heavy (non-hydrogen) atoms. The molecule has 0 aromatic carbocycles. The standard InChI is InChI=1S/C17H23N5O/c18-11-14-10-15(19)12-20-16(14)21-6-8-22(9-7-21)17(23)13-4-2-1-3-5-13/h10,12-13H,1-9,19H2. The van der Waals surface area contributed by atoms with Gasteiger partial charge in [0, 0.05) is 32.1 Å². The Morgan fingerprint density at radius 2 is 1.91 bits per heavy atom. The summed E-state index contributed by atoms with van der Waals surface area (Å²) < 4.78 is 0. The van der Waals surface area contributed by atoms with Crippen molar-refractivity contribution in [3.05, 3.63) is 17.8 Å². The molecule has 1 aliphatic carbocycles. The van der Waals surface area contributed by atoms with E-state index in [1.807, 2.05) is 4.90 Å². The third-order valence-corrected chi connectivity index (χ3v) is 4.85. The van der Waals surface area contributed by atoms with Crippen LogP contribution in [0, 0.1) is 17.2 Å². The second kappa shape index (κ2) is 6.86. The highest BCUT2D eigenvalue weighted by Gasteiger charge is 2.29. The topological polar surface area (TPSA) is 86.2 Å². The number of nitrogens with zero attached hydrogens (tertiary/aromatic N) is 4. The van der Waals surface area contributed by atoms with E-state index >= 15 is 0 Å². The SMILES string of the molecule is N#Cc1cc(N)cnc1N1CCN(C(=O)C2CCCCC2)CC1. The van der Waals surface area contributed by atoms with E-state index in [4.69, 9.17) is 5.73 Å². The van der Waals surface area contributed by atoms with Gasteiger partial charge in [0.15, 0.2) is 0 Å². The zero-order valence-electron chi connectivity index (χ0n) is 13.4. The largest absolute Gasteiger partial charge is 0.397 e. The van der Waals surface area contributed by atoms with Crippen molar-refractivity contribution in [2.75, 3.05) is 36.8 Å². The first-order valence-electron chi connectivity index (χ1n) is 8.38. The molecule has 0 unspecified atom stereocenters. The third kappa shape index (κ3) is 3.39. The molecule has 2 heterocycles. The van der Waals surface area contributed by atoms with Gasteiger partial charge in [-0.05, 0) is 18.9 Å². The number of pyridine rings is 1. The van der Waals surface area contributed by atoms with E-state index in [2.05, 4.69) is 16.0 Å². The molecule has 1 aliphatic heterocycles. The van der Waals surface area contributed by atoms with Crippen LogP contribution >= 0.6 is 0 Å². The summed E-state index contributed by atoms with van der Waals surface area (Å²) in [4.78, 5) is 20.9. The van der Waals surface area contributed by atoms with Crippen molar-refractivity contribution in [1.82, 2.24) is 9.88 Å². The number of aromatic nitrogens is 1. The van der Waals surface area contributed by atoms with Crippen molar-refractivity contribution in [2.24, 2.45) is 5.92 Å². The Balaban J connectivity index is 1.62. The van der Waals surface area contributed by atoms with Gasteiger partial charge in [-0.15, -0.1) is 0 Å². The maximum absolute atomic E-state index is 12.6. The molecule has 2 fully saturated rings. The number of nitrogens with two attached hydrogens (primary N) is 1. The fraction of sp³-hybridized carbons (Fsp3) is 0.588. The first-order chi connectivity index (χ1) is 11.2. The number of nitriles is 1. The van der Waals surface area contributed by atoms with Crippen LogP contribution in [0.25, 0.3) is 0 Å². The molecule has 1 saturated heterocycles. The molecule has 2 aliphatic rings. The predicted octanol–water partition coefficient (Wildman–Crippen LogP) is 1.76. The van der Waals surface area contributed by atoms with Crippen molar-refractivity contribution in [1.29, 1.82) is 5.26 Å². The Labute approximate surface area is 136 Å². The normalized spacial score (nSPS) is 19.4. The summed E-state index contributed by atoms with van der Waals surface area (Å²) in [5, 5.41) is 9.25. The molecule has 1 amide bonds. The molecule has 6 heteroatoms. The van der Waals surface area contributed by atoms with Gasteiger partial charge in [-0.3, -0.25) is 4.79 Å². The van der Waals surface area contributed by atoms with Gasteiger partial charge in [-0.1, -0.05) is 19.3 Å². The Kier molecular flexibility index (Phi) is 4.65. The summed E-state index contributed by atoms with van der Waals surface area (Å²) >= 11 is 0. The van der Waals surface area contributed by atoms with E-state index in [0.29, 0.717) is 49.2 Å². The van der Waals surface area contributed by atoms with E-state index in [1.165, 1.54) is 19.3 Å². The summed E-state index contributed by atoms with van der Waals surface area (Å²) in [5.41, 5.74) is 6.69. The highest BCUT2D eigenvalue weighted by molar-refractivity contribution is 5.79. The highest BCUT2D eigenvalue weighted by atomic mass is 16.2. The minimum absolute atomic E-state index is 0.222. The molecule has 0 spiro atoms. The van der Waals surface area contributed by atoms with Crippen molar-refractivity contribution >= 4 is 17.4 Å². The quantitative estimate of drug-likeness (QED) is 0.899. The maximum Gasteiger partial charge on any atom is 0.225 e. The Hall–Kier alpha value is -2.29. The fourth-order valence-corrected chi connectivity index (χ4v) is 3.55. The van der Waals surface area contributed by atoms with E-state index in [1.54, 1.807) is 12.3 Å². The Morgan fingerprint density at radius 1 is 1.22 bits per heavy atom. The van der Waals surface area contributed by atoms with Gasteiger partial charge < -0.3 is 15.5 Å². The molecular weight excluding hydrogens is 290 g/mol. The lowest BCUT2D eigenvalue weighted by molar-refractivity contribution is -0.136. The van der Waals surface area contributed by atoms with E-state index in [-0.39, 0.29) is 5.92 Å². The lowest BCUT2D eigenvalue weighted by Gasteiger charge is -2.37. The smallest absolute Gasteiger partial charge is 0.225 e. The Bertz CT molecular complexity index is 610. The molecule has 2 N–H and O–H groups in total. The van der Waals surface area contributed by atoms with Crippen LogP contribution in [0.2, 0.25) is 0 Å². The second-order valence-electron chi connectivity index (χ2n) is 6.40. The van der Waals surface area contributed by atoms with Crippen LogP contribution in [-0.4, -0.2) is 42.0 Å². The maximum atomic E-state index is 12.6. The summed E-state index contributed by atoms with van der Waals surface area (Å²) in [5.74, 6) is 1.21. The number of hydrogen-bond donors (Lipinski definition) is 1. The van der Waals surface area contributed by atoms with Gasteiger partial charge in [0.05, 0.1) is 17.4 Å². The molecule has 0 atom stereocenters. The average molecular weight is 313 g/mol. The summed E-state index contributed by atoms with van der Waals surface area (Å²) in [6, 6.07) is 3.81. The van der Waals surface area contributed by atoms with Crippen LogP contribution in [0.15, 0.2) is 12.3 Å². The number of anilines is 2. The lowest BCUT2D eigenvalue weighted by atomic mass is 9.88. The van der Waals surface area contributed by atoms with Crippen LogP contribution in [0.5, 0.6) is 0 Å². The zero-order valence-corrected chi connectivity index (χ0v) is 13.4. The van der Waals surface area contributed by atoms with Crippen LogP contribution in [-0.2, 0) is 4.79 Å². The predicted molar refractivity (Wildman–Crippen MR) is 88.7 cm³/mol. The number of hydrogen-bond acceptors (Lipinski definition) is 5. The third-order valence-electron chi connectivity index (χ3n) is 4.85. The summed E-state index contributed by atoms with van der Waals surface area (Å²) in [7, 11) is 0. The molecule has 3 rings (SSSR count). The van der Waals surface area contributed by atoms with Gasteiger partial charge in [0.1, 0.15) is 11.9 Å². The van der Waals surface area contributed by atoms with Crippen LogP contribution in [0.1, 0.15) is 37.7 Å². The first kappa shape index (κ1) is 15.6. The van der Waals surface area contributed by atoms with Gasteiger partial charge >= 0.3 is 0 Å². The molecule has 122 valence electrons. The van der Waals surface area contributed by atoms with Crippen molar-refractivity contribution in [3.63, 3.8) is 0 Å². The molecule has 1 aromatic rings. The minimum atomic E-state index is 0.222. The number of amides is 1. The first-order valence-corrected chi connectivity index (χ1v) is 8.38. The van der Waals surface area contributed by atoms with Crippen LogP contribution < -0.4 is 10.6 Å². The lowest BCUT2D eigenvalue weighted by Crippen LogP contribution is -2.51. The molecule has 0 bridgehead atoms. The van der Waals surface area contributed by atoms with E-state index in [0.717, 1.165) is 12.8 Å². The number of rotatable bonds is 2. The Morgan fingerprint density at radius 3 is 2.57 bits per heavy atom. The van der Waals surface area contributed by atoms with Crippen molar-refractivity contribution in [3.8, 4) is 6.07 Å². The molecular formula is C17H23N5O. The number of piperazine rings is 1. The highest BCUT2D eigenvalue weighted by Crippen LogP contribution is 2.26. The van der Waals surface area contributed by atoms with Gasteiger partial charge in [-0.2, -0.15) is 5.26 Å². The number of nitrogen functional groups attached to an aromatic ring is 1. The molecule has 0 radical (unpaired) electrons. The fourth-order valence-electron chi connectivity index (χ4n) is 3.55. The van der Waals surface area contributed by atoms with Crippen molar-refractivity contribution < 1.29 is 4.79 Å². The second-order valence-corrected chi connectivity index (χ2v) is 6.40. The number of carbonyl (C=O) groups excluding carboxylic acids is 1. The van der Waals surface area contributed by atoms with E-state index < -0.39 is 0 Å². The average Bonchev–Trinajstić information content (AvgIpc) is 2.62. The van der Waals surface area contributed by atoms with Gasteiger partial charge in [0.2, 0.25) is 5.91 Å². The van der Waals surface area contributed by atoms with Gasteiger partial charge in [-0.25, -0.2) is 4.98 Å². The summed E-state index contributed by atoms with van der Waals surface area (Å²) in [6.07, 6.45) is 7.27. The van der Waals surface area contributed by atoms with Crippen LogP contribution in [0.4, 0.5) is 11.5 Å². The van der Waals surface area contributed by atoms with E-state index in [9.17, 15) is 10.1 Å². The monoisotopic (exact) mass is 313 g/mol. The minimum Gasteiger partial charge on any atom is -0.397 e.